The van der Waals surface area contributed by atoms with Gasteiger partial charge in [-0.3, -0.25) is 0 Å². The van der Waals surface area contributed by atoms with Gasteiger partial charge >= 0.3 is 5.97 Å². The Morgan fingerprint density at radius 3 is 2.56 bits per heavy atom. The monoisotopic (exact) mass is 132 g/mol. The Morgan fingerprint density at radius 1 is 1.67 bits per heavy atom. The molecule has 0 spiro atoms. The molecule has 0 unspecified atom stereocenters. The predicted octanol–water partition coefficient (Wildman–Crippen LogP) is -0.779. The fourth-order valence-corrected chi connectivity index (χ4v) is 0.783. The number of hydrogen-bond acceptors (Lipinski definition) is 3. The molecule has 0 aromatic rings. The van der Waals surface area contributed by atoms with Gasteiger partial charge in [-0.25, -0.2) is 4.79 Å². The van der Waals surface area contributed by atoms with Crippen LogP contribution in [0, 0.1) is 0 Å². The van der Waals surface area contributed by atoms with Crippen LogP contribution in [0.3, 0.4) is 0 Å². The van der Waals surface area contributed by atoms with E-state index in [1.54, 1.807) is 0 Å². The highest BCUT2D eigenvalue weighted by Crippen LogP contribution is 2.12. The van der Waals surface area contributed by atoms with E-state index in [4.69, 9.17) is 10.2 Å². The molecule has 1 fully saturated rings. The van der Waals surface area contributed by atoms with Crippen molar-refractivity contribution in [2.75, 3.05) is 6.61 Å². The van der Waals surface area contributed by atoms with Crippen molar-refractivity contribution in [1.82, 2.24) is 0 Å². The number of ether oxygens (including phenoxy) is 1. The number of carboxylic acid groups (broad SMARTS) is 1. The number of carboxylic acids is 1. The van der Waals surface area contributed by atoms with E-state index in [0.29, 0.717) is 0 Å². The van der Waals surface area contributed by atoms with E-state index in [9.17, 15) is 4.79 Å². The summed E-state index contributed by atoms with van der Waals surface area (Å²) in [6.07, 6.45) is -1.17. The Hall–Kier alpha value is -0.610. The van der Waals surface area contributed by atoms with Crippen molar-refractivity contribution >= 4 is 5.97 Å². The summed E-state index contributed by atoms with van der Waals surface area (Å²) in [7, 11) is 0. The molecule has 0 aromatic heterocycles. The van der Waals surface area contributed by atoms with E-state index in [1.165, 1.54) is 0 Å². The minimum absolute atomic E-state index is 0.150. The van der Waals surface area contributed by atoms with Crippen molar-refractivity contribution in [1.29, 1.82) is 0 Å². The molecule has 1 aliphatic rings. The summed E-state index contributed by atoms with van der Waals surface area (Å²) >= 11 is 0. The van der Waals surface area contributed by atoms with Crippen molar-refractivity contribution in [3.63, 3.8) is 0 Å². The van der Waals surface area contributed by atoms with Crippen LogP contribution in [0.15, 0.2) is 0 Å². The van der Waals surface area contributed by atoms with Crippen LogP contribution in [-0.4, -0.2) is 35.0 Å². The SMILES string of the molecule is O=C(O)[C@H]1C[C@@H](O)CO1. The van der Waals surface area contributed by atoms with Crippen LogP contribution in [0.25, 0.3) is 0 Å². The number of hydrogen-bond donors (Lipinski definition) is 2. The molecule has 0 bridgehead atoms. The summed E-state index contributed by atoms with van der Waals surface area (Å²) in [4.78, 5) is 10.1. The molecule has 1 aliphatic heterocycles. The van der Waals surface area contributed by atoms with E-state index in [0.717, 1.165) is 0 Å². The molecule has 52 valence electrons. The Morgan fingerprint density at radius 2 is 2.33 bits per heavy atom. The van der Waals surface area contributed by atoms with Gasteiger partial charge in [-0.1, -0.05) is 0 Å². The van der Waals surface area contributed by atoms with Gasteiger partial charge < -0.3 is 14.9 Å². The molecule has 0 aliphatic carbocycles. The molecule has 9 heavy (non-hydrogen) atoms. The third-order valence-electron chi connectivity index (χ3n) is 1.25. The molecule has 2 N–H and O–H groups in total. The Balaban J connectivity index is 2.39. The third-order valence-corrected chi connectivity index (χ3v) is 1.25. The molecular formula is C5H8O4. The molecule has 0 radical (unpaired) electrons. The van der Waals surface area contributed by atoms with Crippen LogP contribution in [0.5, 0.6) is 0 Å². The summed E-state index contributed by atoms with van der Waals surface area (Å²) < 4.78 is 4.68. The fourth-order valence-electron chi connectivity index (χ4n) is 0.783. The zero-order valence-corrected chi connectivity index (χ0v) is 4.78. The smallest absolute Gasteiger partial charge is 0.332 e. The van der Waals surface area contributed by atoms with E-state index in [1.807, 2.05) is 0 Å². The first-order chi connectivity index (χ1) is 4.20. The van der Waals surface area contributed by atoms with Gasteiger partial charge in [-0.2, -0.15) is 0 Å². The summed E-state index contributed by atoms with van der Waals surface area (Å²) in [6, 6.07) is 0. The normalized spacial score (nSPS) is 34.8. The van der Waals surface area contributed by atoms with Gasteiger partial charge in [0.1, 0.15) is 0 Å². The van der Waals surface area contributed by atoms with Gasteiger partial charge in [0.15, 0.2) is 6.10 Å². The average molecular weight is 132 g/mol. The van der Waals surface area contributed by atoms with E-state index < -0.39 is 18.2 Å². The lowest BCUT2D eigenvalue weighted by Crippen LogP contribution is -2.18. The first-order valence-corrected chi connectivity index (χ1v) is 2.72. The molecule has 0 saturated carbocycles. The topological polar surface area (TPSA) is 66.8 Å². The van der Waals surface area contributed by atoms with E-state index in [2.05, 4.69) is 4.74 Å². The second-order valence-corrected chi connectivity index (χ2v) is 2.05. The molecule has 1 rings (SSSR count). The molecule has 4 nitrogen and oxygen atoms in total. The summed E-state index contributed by atoms with van der Waals surface area (Å²) in [6.45, 7) is 0.150. The van der Waals surface area contributed by atoms with Crippen LogP contribution in [-0.2, 0) is 9.53 Å². The van der Waals surface area contributed by atoms with Crippen molar-refractivity contribution in [2.45, 2.75) is 18.6 Å². The molecule has 4 heteroatoms. The number of carbonyl (C=O) groups is 1. The summed E-state index contributed by atoms with van der Waals surface area (Å²) in [5.41, 5.74) is 0. The zero-order valence-electron chi connectivity index (χ0n) is 4.78. The molecule has 0 amide bonds. The quantitative estimate of drug-likeness (QED) is 0.491. The van der Waals surface area contributed by atoms with Crippen molar-refractivity contribution in [2.24, 2.45) is 0 Å². The standard InChI is InChI=1S/C5H8O4/c6-3-1-4(5(7)8)9-2-3/h3-4,6H,1-2H2,(H,7,8)/t3-,4-/m1/s1. The fraction of sp³-hybridized carbons (Fsp3) is 0.800. The van der Waals surface area contributed by atoms with Crippen LogP contribution in [0.1, 0.15) is 6.42 Å². The highest BCUT2D eigenvalue weighted by atomic mass is 16.5. The number of aliphatic hydroxyl groups excluding tert-OH is 1. The zero-order chi connectivity index (χ0) is 6.85. The Labute approximate surface area is 52.1 Å². The van der Waals surface area contributed by atoms with Crippen molar-refractivity contribution in [3.8, 4) is 0 Å². The molecule has 2 atom stereocenters. The van der Waals surface area contributed by atoms with Gasteiger partial charge in [0, 0.05) is 6.42 Å². The van der Waals surface area contributed by atoms with Crippen LogP contribution >= 0.6 is 0 Å². The maximum Gasteiger partial charge on any atom is 0.332 e. The van der Waals surface area contributed by atoms with Gasteiger partial charge in [0.05, 0.1) is 12.7 Å². The minimum Gasteiger partial charge on any atom is -0.479 e. The average Bonchev–Trinajstić information content (AvgIpc) is 2.14. The van der Waals surface area contributed by atoms with Crippen LogP contribution < -0.4 is 0 Å². The Bertz CT molecular complexity index is 122. The second-order valence-electron chi connectivity index (χ2n) is 2.05. The summed E-state index contributed by atoms with van der Waals surface area (Å²) in [5.74, 6) is -0.994. The van der Waals surface area contributed by atoms with Crippen LogP contribution in [0.4, 0.5) is 0 Å². The van der Waals surface area contributed by atoms with E-state index in [-0.39, 0.29) is 13.0 Å². The lowest BCUT2D eigenvalue weighted by atomic mass is 10.2. The lowest BCUT2D eigenvalue weighted by Gasteiger charge is -1.98. The predicted molar refractivity (Wildman–Crippen MR) is 28.0 cm³/mol. The lowest BCUT2D eigenvalue weighted by molar-refractivity contribution is -0.147. The first-order valence-electron chi connectivity index (χ1n) is 2.72. The third kappa shape index (κ3) is 1.40. The number of rotatable bonds is 1. The van der Waals surface area contributed by atoms with Crippen LogP contribution in [0.2, 0.25) is 0 Å². The van der Waals surface area contributed by atoms with Gasteiger partial charge in [-0.15, -0.1) is 0 Å². The summed E-state index contributed by atoms with van der Waals surface area (Å²) in [5, 5.41) is 17.1. The van der Waals surface area contributed by atoms with Gasteiger partial charge in [0.2, 0.25) is 0 Å². The largest absolute Gasteiger partial charge is 0.479 e. The highest BCUT2D eigenvalue weighted by Gasteiger charge is 2.28. The number of aliphatic carboxylic acids is 1. The van der Waals surface area contributed by atoms with Gasteiger partial charge in [0.25, 0.3) is 0 Å². The molecular weight excluding hydrogens is 124 g/mol. The molecule has 1 saturated heterocycles. The minimum atomic E-state index is -0.994. The second kappa shape index (κ2) is 2.33. The van der Waals surface area contributed by atoms with E-state index >= 15 is 0 Å². The maximum absolute atomic E-state index is 10.1. The van der Waals surface area contributed by atoms with Crippen molar-refractivity contribution in [3.05, 3.63) is 0 Å². The maximum atomic E-state index is 10.1. The van der Waals surface area contributed by atoms with Gasteiger partial charge in [-0.05, 0) is 0 Å². The number of aliphatic hydroxyl groups is 1. The first kappa shape index (κ1) is 6.51. The molecule has 1 heterocycles. The van der Waals surface area contributed by atoms with Crippen molar-refractivity contribution < 1.29 is 19.7 Å². The molecule has 0 aromatic carbocycles. The highest BCUT2D eigenvalue weighted by molar-refractivity contribution is 5.72. The Kier molecular flexibility index (Phi) is 1.68.